The highest BCUT2D eigenvalue weighted by atomic mass is 16.4. The molecule has 4 nitrogen and oxygen atoms in total. The highest BCUT2D eigenvalue weighted by molar-refractivity contribution is 5.93. The summed E-state index contributed by atoms with van der Waals surface area (Å²) in [6.07, 6.45) is 1.72. The van der Waals surface area contributed by atoms with Gasteiger partial charge in [-0.2, -0.15) is 0 Å². The first-order valence-corrected chi connectivity index (χ1v) is 5.89. The topological polar surface area (TPSA) is 46.3 Å². The zero-order valence-corrected chi connectivity index (χ0v) is 10.5. The fraction of sp³-hybridized carbons (Fsp3) is 0.667. The van der Waals surface area contributed by atoms with Crippen LogP contribution in [0.1, 0.15) is 49.3 Å². The lowest BCUT2D eigenvalue weighted by molar-refractivity contribution is 0.0765. The number of carbonyl (C=O) groups is 1. The summed E-state index contributed by atoms with van der Waals surface area (Å²) in [5.41, 5.74) is 0.489. The van der Waals surface area contributed by atoms with E-state index >= 15 is 0 Å². The Hall–Kier alpha value is -1.32. The Morgan fingerprint density at radius 3 is 2.44 bits per heavy atom. The molecule has 0 saturated heterocycles. The summed E-state index contributed by atoms with van der Waals surface area (Å²) < 4.78 is 5.46. The molecule has 16 heavy (non-hydrogen) atoms. The van der Waals surface area contributed by atoms with Gasteiger partial charge in [-0.15, -0.1) is 0 Å². The molecule has 0 unspecified atom stereocenters. The Labute approximate surface area is 96.7 Å². The number of oxazole rings is 1. The fourth-order valence-corrected chi connectivity index (χ4v) is 1.69. The van der Waals surface area contributed by atoms with Gasteiger partial charge in [0.05, 0.1) is 0 Å². The van der Waals surface area contributed by atoms with E-state index in [2.05, 4.69) is 11.9 Å². The quantitative estimate of drug-likeness (QED) is 0.771. The molecule has 0 atom stereocenters. The Bertz CT molecular complexity index is 354. The van der Waals surface area contributed by atoms with E-state index in [1.165, 1.54) is 0 Å². The Kier molecular flexibility index (Phi) is 4.52. The molecule has 1 heterocycles. The molecule has 0 saturated carbocycles. The van der Waals surface area contributed by atoms with Crippen molar-refractivity contribution in [2.45, 2.75) is 40.5 Å². The van der Waals surface area contributed by atoms with Crippen LogP contribution in [0.25, 0.3) is 0 Å². The molecule has 90 valence electrons. The summed E-state index contributed by atoms with van der Waals surface area (Å²) in [5.74, 6) is 1.26. The van der Waals surface area contributed by atoms with E-state index in [4.69, 9.17) is 4.42 Å². The molecule has 1 amide bonds. The number of carbonyl (C=O) groups excluding carboxylic acids is 1. The molecule has 0 aliphatic carbocycles. The lowest BCUT2D eigenvalue weighted by Crippen LogP contribution is -2.31. The normalized spacial score (nSPS) is 10.5. The van der Waals surface area contributed by atoms with E-state index in [1.54, 1.807) is 11.8 Å². The first-order valence-electron chi connectivity index (χ1n) is 5.89. The largest absolute Gasteiger partial charge is 0.445 e. The lowest BCUT2D eigenvalue weighted by Gasteiger charge is -2.17. The summed E-state index contributed by atoms with van der Waals surface area (Å²) >= 11 is 0. The zero-order chi connectivity index (χ0) is 12.1. The Morgan fingerprint density at radius 1 is 1.31 bits per heavy atom. The monoisotopic (exact) mass is 224 g/mol. The maximum absolute atomic E-state index is 12.1. The van der Waals surface area contributed by atoms with Gasteiger partial charge >= 0.3 is 0 Å². The van der Waals surface area contributed by atoms with Crippen molar-refractivity contribution in [3.63, 3.8) is 0 Å². The third-order valence-corrected chi connectivity index (χ3v) is 2.53. The van der Waals surface area contributed by atoms with Gasteiger partial charge in [-0.25, -0.2) is 4.98 Å². The van der Waals surface area contributed by atoms with Crippen molar-refractivity contribution < 1.29 is 9.21 Å². The number of nitrogens with zero attached hydrogens (tertiary/aromatic N) is 2. The van der Waals surface area contributed by atoms with Gasteiger partial charge in [0.1, 0.15) is 5.76 Å². The summed E-state index contributed by atoms with van der Waals surface area (Å²) in [7, 11) is 0. The van der Waals surface area contributed by atoms with Crippen molar-refractivity contribution in [3.05, 3.63) is 17.3 Å². The highest BCUT2D eigenvalue weighted by Crippen LogP contribution is 2.15. The summed E-state index contributed by atoms with van der Waals surface area (Å²) in [4.78, 5) is 18.1. The second-order valence-electron chi connectivity index (χ2n) is 3.73. The van der Waals surface area contributed by atoms with Crippen molar-refractivity contribution in [1.29, 1.82) is 0 Å². The van der Waals surface area contributed by atoms with E-state index < -0.39 is 0 Å². The standard InChI is InChI=1S/C12H20N2O2/c1-5-8-10-11(13-9(4)16-10)12(15)14(6-2)7-3/h5-8H2,1-4H3. The third-order valence-electron chi connectivity index (χ3n) is 2.53. The smallest absolute Gasteiger partial charge is 0.276 e. The molecule has 0 fully saturated rings. The molecule has 1 rings (SSSR count). The van der Waals surface area contributed by atoms with Crippen LogP contribution < -0.4 is 0 Å². The summed E-state index contributed by atoms with van der Waals surface area (Å²) in [6, 6.07) is 0. The van der Waals surface area contributed by atoms with E-state index in [0.29, 0.717) is 24.7 Å². The second kappa shape index (κ2) is 5.68. The number of hydrogen-bond donors (Lipinski definition) is 0. The maximum Gasteiger partial charge on any atom is 0.276 e. The highest BCUT2D eigenvalue weighted by Gasteiger charge is 2.21. The van der Waals surface area contributed by atoms with Crippen LogP contribution in [0.15, 0.2) is 4.42 Å². The van der Waals surface area contributed by atoms with Gasteiger partial charge in [0.15, 0.2) is 11.6 Å². The van der Waals surface area contributed by atoms with Crippen molar-refractivity contribution >= 4 is 5.91 Å². The average molecular weight is 224 g/mol. The number of rotatable bonds is 5. The number of amides is 1. The van der Waals surface area contributed by atoms with Crippen LogP contribution in [0, 0.1) is 6.92 Å². The van der Waals surface area contributed by atoms with Gasteiger partial charge in [0.25, 0.3) is 5.91 Å². The van der Waals surface area contributed by atoms with Gasteiger partial charge in [-0.1, -0.05) is 6.92 Å². The van der Waals surface area contributed by atoms with E-state index in [-0.39, 0.29) is 5.91 Å². The molecule has 1 aromatic rings. The molecule has 4 heteroatoms. The second-order valence-corrected chi connectivity index (χ2v) is 3.73. The van der Waals surface area contributed by atoms with Crippen LogP contribution in [0.2, 0.25) is 0 Å². The Balaban J connectivity index is 2.97. The van der Waals surface area contributed by atoms with E-state index in [1.807, 2.05) is 13.8 Å². The minimum Gasteiger partial charge on any atom is -0.445 e. The molecule has 0 aliphatic heterocycles. The van der Waals surface area contributed by atoms with Crippen molar-refractivity contribution in [1.82, 2.24) is 9.88 Å². The van der Waals surface area contributed by atoms with Crippen LogP contribution >= 0.6 is 0 Å². The van der Waals surface area contributed by atoms with Crippen LogP contribution in [-0.2, 0) is 6.42 Å². The summed E-state index contributed by atoms with van der Waals surface area (Å²) in [6.45, 7) is 9.17. The fourth-order valence-electron chi connectivity index (χ4n) is 1.69. The number of aryl methyl sites for hydroxylation is 2. The van der Waals surface area contributed by atoms with Crippen LogP contribution in [0.4, 0.5) is 0 Å². The number of hydrogen-bond acceptors (Lipinski definition) is 3. The molecule has 0 aliphatic rings. The molecular weight excluding hydrogens is 204 g/mol. The van der Waals surface area contributed by atoms with E-state index in [9.17, 15) is 4.79 Å². The minimum atomic E-state index is -0.0229. The number of aromatic nitrogens is 1. The van der Waals surface area contributed by atoms with E-state index in [0.717, 1.165) is 18.6 Å². The van der Waals surface area contributed by atoms with Gasteiger partial charge in [-0.3, -0.25) is 4.79 Å². The molecule has 0 bridgehead atoms. The lowest BCUT2D eigenvalue weighted by atomic mass is 10.2. The molecule has 0 spiro atoms. The van der Waals surface area contributed by atoms with Gasteiger partial charge in [-0.05, 0) is 20.3 Å². The molecule has 0 radical (unpaired) electrons. The van der Waals surface area contributed by atoms with Gasteiger partial charge < -0.3 is 9.32 Å². The predicted molar refractivity (Wildman–Crippen MR) is 62.5 cm³/mol. The molecule has 0 aromatic carbocycles. The average Bonchev–Trinajstić information content (AvgIpc) is 2.62. The van der Waals surface area contributed by atoms with Crippen molar-refractivity contribution in [2.24, 2.45) is 0 Å². The Morgan fingerprint density at radius 2 is 1.94 bits per heavy atom. The zero-order valence-electron chi connectivity index (χ0n) is 10.5. The van der Waals surface area contributed by atoms with Crippen LogP contribution in [0.3, 0.4) is 0 Å². The van der Waals surface area contributed by atoms with Crippen molar-refractivity contribution in [2.75, 3.05) is 13.1 Å². The third kappa shape index (κ3) is 2.62. The van der Waals surface area contributed by atoms with Crippen LogP contribution in [0.5, 0.6) is 0 Å². The molecule has 1 aromatic heterocycles. The van der Waals surface area contributed by atoms with Gasteiger partial charge in [0, 0.05) is 26.4 Å². The SMILES string of the molecule is CCCc1oc(C)nc1C(=O)N(CC)CC. The first-order chi connectivity index (χ1) is 7.63. The first kappa shape index (κ1) is 12.7. The minimum absolute atomic E-state index is 0.0229. The molecular formula is C12H20N2O2. The molecule has 0 N–H and O–H groups in total. The summed E-state index contributed by atoms with van der Waals surface area (Å²) in [5, 5.41) is 0. The maximum atomic E-state index is 12.1. The van der Waals surface area contributed by atoms with Crippen molar-refractivity contribution in [3.8, 4) is 0 Å². The predicted octanol–water partition coefficient (Wildman–Crippen LogP) is 2.42. The van der Waals surface area contributed by atoms with Crippen LogP contribution in [-0.4, -0.2) is 28.9 Å². The van der Waals surface area contributed by atoms with Gasteiger partial charge in [0.2, 0.25) is 0 Å².